The zero-order valence-corrected chi connectivity index (χ0v) is 13.5. The molecule has 0 amide bonds. The molecule has 0 radical (unpaired) electrons. The van der Waals surface area contributed by atoms with Crippen molar-refractivity contribution in [3.8, 4) is 0 Å². The Bertz CT molecular complexity index is 521. The summed E-state index contributed by atoms with van der Waals surface area (Å²) in [7, 11) is 0. The first kappa shape index (κ1) is 15.2. The van der Waals surface area contributed by atoms with E-state index in [4.69, 9.17) is 4.98 Å². The second-order valence-corrected chi connectivity index (χ2v) is 6.18. The molecule has 0 saturated carbocycles. The van der Waals surface area contributed by atoms with Gasteiger partial charge in [0.1, 0.15) is 5.01 Å². The molecule has 0 aliphatic rings. The van der Waals surface area contributed by atoms with Crippen LogP contribution in [0.15, 0.2) is 35.7 Å². The van der Waals surface area contributed by atoms with Crippen molar-refractivity contribution in [2.24, 2.45) is 0 Å². The van der Waals surface area contributed by atoms with Crippen LogP contribution in [0.4, 0.5) is 0 Å². The third-order valence-electron chi connectivity index (χ3n) is 3.69. The molecule has 0 saturated heterocycles. The second-order valence-electron chi connectivity index (χ2n) is 5.32. The Morgan fingerprint density at radius 2 is 1.95 bits per heavy atom. The standard InChI is InChI=1S/C17H24N2S/c1-4-11-18-17(5-2,16-19-14(3)13-20-16)12-15-9-7-6-8-10-15/h6-10,13,18H,4-5,11-12H2,1-3H3. The number of aryl methyl sites for hydroxylation is 1. The molecule has 1 aromatic heterocycles. The molecule has 0 bridgehead atoms. The molecule has 1 atom stereocenters. The third-order valence-corrected chi connectivity index (χ3v) is 4.86. The van der Waals surface area contributed by atoms with Gasteiger partial charge < -0.3 is 5.32 Å². The lowest BCUT2D eigenvalue weighted by atomic mass is 9.88. The Kier molecular flexibility index (Phi) is 5.32. The van der Waals surface area contributed by atoms with Crippen molar-refractivity contribution >= 4 is 11.3 Å². The zero-order chi connectivity index (χ0) is 14.4. The SMILES string of the molecule is CCCNC(CC)(Cc1ccccc1)c1nc(C)cs1. The maximum absolute atomic E-state index is 4.76. The summed E-state index contributed by atoms with van der Waals surface area (Å²) in [5, 5.41) is 7.13. The molecule has 2 rings (SSSR count). The average molecular weight is 288 g/mol. The lowest BCUT2D eigenvalue weighted by Gasteiger charge is -2.32. The summed E-state index contributed by atoms with van der Waals surface area (Å²) < 4.78 is 0. The number of nitrogens with zero attached hydrogens (tertiary/aromatic N) is 1. The van der Waals surface area contributed by atoms with Crippen LogP contribution in [0.2, 0.25) is 0 Å². The molecule has 0 spiro atoms. The first-order valence-electron chi connectivity index (χ1n) is 7.41. The molecule has 2 aromatic rings. The summed E-state index contributed by atoms with van der Waals surface area (Å²) in [5.41, 5.74) is 2.45. The molecular formula is C17H24N2S. The molecule has 20 heavy (non-hydrogen) atoms. The number of hydrogen-bond acceptors (Lipinski definition) is 3. The van der Waals surface area contributed by atoms with Gasteiger partial charge in [-0.15, -0.1) is 11.3 Å². The lowest BCUT2D eigenvalue weighted by molar-refractivity contribution is 0.316. The first-order valence-corrected chi connectivity index (χ1v) is 8.29. The Balaban J connectivity index is 2.31. The predicted molar refractivity (Wildman–Crippen MR) is 87.3 cm³/mol. The topological polar surface area (TPSA) is 24.9 Å². The van der Waals surface area contributed by atoms with Gasteiger partial charge in [-0.1, -0.05) is 44.2 Å². The first-order chi connectivity index (χ1) is 9.70. The van der Waals surface area contributed by atoms with Gasteiger partial charge in [-0.05, 0) is 38.3 Å². The van der Waals surface area contributed by atoms with Crippen LogP contribution in [0.25, 0.3) is 0 Å². The number of benzene rings is 1. The van der Waals surface area contributed by atoms with Crippen molar-refractivity contribution in [1.82, 2.24) is 10.3 Å². The van der Waals surface area contributed by atoms with Crippen molar-refractivity contribution in [2.45, 2.75) is 45.6 Å². The average Bonchev–Trinajstić information content (AvgIpc) is 2.92. The molecule has 108 valence electrons. The lowest BCUT2D eigenvalue weighted by Crippen LogP contribution is -2.44. The van der Waals surface area contributed by atoms with Crippen LogP contribution >= 0.6 is 11.3 Å². The molecular weight excluding hydrogens is 264 g/mol. The number of aromatic nitrogens is 1. The van der Waals surface area contributed by atoms with E-state index in [2.05, 4.69) is 61.8 Å². The minimum Gasteiger partial charge on any atom is -0.305 e. The molecule has 1 aromatic carbocycles. The molecule has 2 nitrogen and oxygen atoms in total. The van der Waals surface area contributed by atoms with Gasteiger partial charge in [0, 0.05) is 11.1 Å². The fourth-order valence-corrected chi connectivity index (χ4v) is 3.54. The predicted octanol–water partition coefficient (Wildman–Crippen LogP) is 4.30. The van der Waals surface area contributed by atoms with Crippen LogP contribution in [0, 0.1) is 6.92 Å². The Morgan fingerprint density at radius 1 is 1.20 bits per heavy atom. The fraction of sp³-hybridized carbons (Fsp3) is 0.471. The zero-order valence-electron chi connectivity index (χ0n) is 12.6. The van der Waals surface area contributed by atoms with E-state index in [1.165, 1.54) is 10.6 Å². The van der Waals surface area contributed by atoms with Gasteiger partial charge in [0.15, 0.2) is 0 Å². The Morgan fingerprint density at radius 3 is 2.50 bits per heavy atom. The van der Waals surface area contributed by atoms with Crippen molar-refractivity contribution in [1.29, 1.82) is 0 Å². The normalized spacial score (nSPS) is 14.2. The van der Waals surface area contributed by atoms with Crippen LogP contribution in [0.3, 0.4) is 0 Å². The van der Waals surface area contributed by atoms with E-state index in [0.29, 0.717) is 0 Å². The van der Waals surface area contributed by atoms with Gasteiger partial charge in [-0.3, -0.25) is 0 Å². The van der Waals surface area contributed by atoms with Crippen molar-refractivity contribution < 1.29 is 0 Å². The van der Waals surface area contributed by atoms with Crippen LogP contribution < -0.4 is 5.32 Å². The number of rotatable bonds is 7. The summed E-state index contributed by atoms with van der Waals surface area (Å²) in [5.74, 6) is 0. The van der Waals surface area contributed by atoms with Gasteiger partial charge in [-0.2, -0.15) is 0 Å². The van der Waals surface area contributed by atoms with Crippen LogP contribution in [0.1, 0.15) is 43.0 Å². The number of thiazole rings is 1. The highest BCUT2D eigenvalue weighted by atomic mass is 32.1. The second kappa shape index (κ2) is 7.00. The highest BCUT2D eigenvalue weighted by Gasteiger charge is 2.32. The van der Waals surface area contributed by atoms with E-state index in [-0.39, 0.29) is 5.54 Å². The highest BCUT2D eigenvalue weighted by Crippen LogP contribution is 2.31. The number of hydrogen-bond donors (Lipinski definition) is 1. The van der Waals surface area contributed by atoms with Crippen molar-refractivity contribution in [2.75, 3.05) is 6.54 Å². The van der Waals surface area contributed by atoms with E-state index in [1.807, 2.05) is 0 Å². The summed E-state index contributed by atoms with van der Waals surface area (Å²) in [6, 6.07) is 10.7. The van der Waals surface area contributed by atoms with E-state index < -0.39 is 0 Å². The van der Waals surface area contributed by atoms with Crippen LogP contribution in [-0.2, 0) is 12.0 Å². The van der Waals surface area contributed by atoms with Crippen LogP contribution in [-0.4, -0.2) is 11.5 Å². The van der Waals surface area contributed by atoms with Gasteiger partial charge >= 0.3 is 0 Å². The Hall–Kier alpha value is -1.19. The van der Waals surface area contributed by atoms with E-state index >= 15 is 0 Å². The Labute approximate surface area is 126 Å². The molecule has 1 unspecified atom stereocenters. The highest BCUT2D eigenvalue weighted by molar-refractivity contribution is 7.09. The van der Waals surface area contributed by atoms with Gasteiger partial charge in [0.2, 0.25) is 0 Å². The van der Waals surface area contributed by atoms with Crippen LogP contribution in [0.5, 0.6) is 0 Å². The summed E-state index contributed by atoms with van der Waals surface area (Å²) in [4.78, 5) is 4.76. The van der Waals surface area contributed by atoms with E-state index in [0.717, 1.165) is 31.5 Å². The molecule has 0 aliphatic carbocycles. The minimum absolute atomic E-state index is 0.0315. The van der Waals surface area contributed by atoms with Crippen molar-refractivity contribution in [3.63, 3.8) is 0 Å². The smallest absolute Gasteiger partial charge is 0.113 e. The molecule has 0 fully saturated rings. The van der Waals surface area contributed by atoms with Gasteiger partial charge in [0.05, 0.1) is 5.54 Å². The molecule has 1 heterocycles. The largest absolute Gasteiger partial charge is 0.305 e. The summed E-state index contributed by atoms with van der Waals surface area (Å²) in [6.07, 6.45) is 3.19. The fourth-order valence-electron chi connectivity index (χ4n) is 2.50. The van der Waals surface area contributed by atoms with Gasteiger partial charge in [0.25, 0.3) is 0 Å². The van der Waals surface area contributed by atoms with Gasteiger partial charge in [-0.25, -0.2) is 4.98 Å². The quantitative estimate of drug-likeness (QED) is 0.821. The summed E-state index contributed by atoms with van der Waals surface area (Å²) >= 11 is 1.78. The minimum atomic E-state index is -0.0315. The van der Waals surface area contributed by atoms with E-state index in [1.54, 1.807) is 11.3 Å². The number of nitrogens with one attached hydrogen (secondary N) is 1. The van der Waals surface area contributed by atoms with E-state index in [9.17, 15) is 0 Å². The maximum Gasteiger partial charge on any atom is 0.113 e. The summed E-state index contributed by atoms with van der Waals surface area (Å²) in [6.45, 7) is 7.56. The third kappa shape index (κ3) is 3.47. The molecule has 0 aliphatic heterocycles. The molecule has 1 N–H and O–H groups in total. The monoisotopic (exact) mass is 288 g/mol. The van der Waals surface area contributed by atoms with Crippen molar-refractivity contribution in [3.05, 3.63) is 52.0 Å². The molecule has 3 heteroatoms. The maximum atomic E-state index is 4.76.